The van der Waals surface area contributed by atoms with Gasteiger partial charge < -0.3 is 0 Å². The van der Waals surface area contributed by atoms with Crippen LogP contribution in [0.1, 0.15) is 18.4 Å². The fraction of sp³-hybridized carbons (Fsp3) is 0.294. The maximum Gasteiger partial charge on any atom is 0.284 e. The summed E-state index contributed by atoms with van der Waals surface area (Å²) >= 11 is 1.33. The van der Waals surface area contributed by atoms with E-state index < -0.39 is 14.9 Å². The second-order valence-electron chi connectivity index (χ2n) is 5.77. The summed E-state index contributed by atoms with van der Waals surface area (Å²) in [7, 11) is -3.66. The number of benzene rings is 2. The smallest absolute Gasteiger partial charge is 0.258 e. The number of rotatable bonds is 6. The Morgan fingerprint density at radius 3 is 2.40 bits per heavy atom. The number of nitrogens with zero attached hydrogens (tertiary/aromatic N) is 2. The van der Waals surface area contributed by atoms with Gasteiger partial charge in [-0.2, -0.15) is 4.31 Å². The molecule has 8 heteroatoms. The van der Waals surface area contributed by atoms with Crippen molar-refractivity contribution in [2.24, 2.45) is 0 Å². The summed E-state index contributed by atoms with van der Waals surface area (Å²) < 4.78 is 26.6. The van der Waals surface area contributed by atoms with Gasteiger partial charge >= 0.3 is 0 Å². The molecule has 0 radical (unpaired) electrons. The molecule has 132 valence electrons. The van der Waals surface area contributed by atoms with Crippen molar-refractivity contribution in [3.8, 4) is 0 Å². The van der Waals surface area contributed by atoms with E-state index >= 15 is 0 Å². The van der Waals surface area contributed by atoms with Gasteiger partial charge in [-0.25, -0.2) is 8.42 Å². The molecule has 1 fully saturated rings. The molecular formula is C17H18N2O4S2. The number of thioether (sulfide) groups is 1. The molecule has 1 aliphatic heterocycles. The van der Waals surface area contributed by atoms with Crippen LogP contribution >= 0.6 is 11.8 Å². The summed E-state index contributed by atoms with van der Waals surface area (Å²) in [5.74, 6) is 0.583. The van der Waals surface area contributed by atoms with E-state index in [-0.39, 0.29) is 10.6 Å². The number of nitro benzene ring substituents is 1. The third-order valence-corrected chi connectivity index (χ3v) is 7.10. The summed E-state index contributed by atoms with van der Waals surface area (Å²) in [6.45, 7) is 0.946. The van der Waals surface area contributed by atoms with Gasteiger partial charge in [0, 0.05) is 24.9 Å². The van der Waals surface area contributed by atoms with Gasteiger partial charge in [0.25, 0.3) is 5.69 Å². The van der Waals surface area contributed by atoms with Crippen LogP contribution in [0.25, 0.3) is 0 Å². The molecule has 1 aliphatic rings. The molecule has 0 aliphatic carbocycles. The Kier molecular flexibility index (Phi) is 5.41. The maximum absolute atomic E-state index is 12.6. The standard InChI is InChI=1S/C17H18N2O4S2/c20-19(21)16-12-15(25(22,23)18-10-4-5-11-18)8-9-17(16)24-13-14-6-2-1-3-7-14/h1-3,6-9,12H,4-5,10-11,13H2. The van der Waals surface area contributed by atoms with Crippen LogP contribution in [-0.4, -0.2) is 30.7 Å². The van der Waals surface area contributed by atoms with E-state index in [0.717, 1.165) is 18.4 Å². The average molecular weight is 378 g/mol. The summed E-state index contributed by atoms with van der Waals surface area (Å²) in [4.78, 5) is 11.4. The molecule has 6 nitrogen and oxygen atoms in total. The molecule has 0 unspecified atom stereocenters. The van der Waals surface area contributed by atoms with Gasteiger partial charge in [-0.3, -0.25) is 10.1 Å². The van der Waals surface area contributed by atoms with E-state index in [2.05, 4.69) is 0 Å². The normalized spacial score (nSPS) is 15.4. The molecule has 0 saturated carbocycles. The van der Waals surface area contributed by atoms with Gasteiger partial charge in [0.15, 0.2) is 0 Å². The predicted molar refractivity (Wildman–Crippen MR) is 97.1 cm³/mol. The zero-order chi connectivity index (χ0) is 17.9. The molecule has 1 heterocycles. The van der Waals surface area contributed by atoms with Crippen LogP contribution in [-0.2, 0) is 15.8 Å². The van der Waals surface area contributed by atoms with Gasteiger partial charge in [0.05, 0.1) is 14.7 Å². The second-order valence-corrected chi connectivity index (χ2v) is 8.73. The topological polar surface area (TPSA) is 80.5 Å². The fourth-order valence-corrected chi connectivity index (χ4v) is 5.23. The van der Waals surface area contributed by atoms with Crippen LogP contribution in [0.5, 0.6) is 0 Å². The highest BCUT2D eigenvalue weighted by molar-refractivity contribution is 7.98. The lowest BCUT2D eigenvalue weighted by Crippen LogP contribution is -2.27. The Morgan fingerprint density at radius 1 is 1.08 bits per heavy atom. The first kappa shape index (κ1) is 17.9. The minimum atomic E-state index is -3.66. The van der Waals surface area contributed by atoms with Crippen LogP contribution in [0.2, 0.25) is 0 Å². The van der Waals surface area contributed by atoms with Gasteiger partial charge in [-0.1, -0.05) is 30.3 Å². The van der Waals surface area contributed by atoms with Crippen molar-refractivity contribution in [1.29, 1.82) is 0 Å². The van der Waals surface area contributed by atoms with Crippen molar-refractivity contribution in [3.05, 3.63) is 64.2 Å². The van der Waals surface area contributed by atoms with E-state index in [4.69, 9.17) is 0 Å². The van der Waals surface area contributed by atoms with Gasteiger partial charge in [-0.05, 0) is 30.5 Å². The molecule has 0 bridgehead atoms. The quantitative estimate of drug-likeness (QED) is 0.435. The number of nitro groups is 1. The highest BCUT2D eigenvalue weighted by atomic mass is 32.2. The molecular weight excluding hydrogens is 360 g/mol. The lowest BCUT2D eigenvalue weighted by molar-refractivity contribution is -0.388. The lowest BCUT2D eigenvalue weighted by atomic mass is 10.2. The Bertz CT molecular complexity index is 863. The number of hydrogen-bond acceptors (Lipinski definition) is 5. The van der Waals surface area contributed by atoms with Crippen LogP contribution < -0.4 is 0 Å². The first-order chi connectivity index (χ1) is 12.0. The summed E-state index contributed by atoms with van der Waals surface area (Å²) in [6.07, 6.45) is 1.65. The van der Waals surface area contributed by atoms with Crippen molar-refractivity contribution in [1.82, 2.24) is 4.31 Å². The SMILES string of the molecule is O=[N+]([O-])c1cc(S(=O)(=O)N2CCCC2)ccc1SCc1ccccc1. The minimum absolute atomic E-state index is 0.00911. The third kappa shape index (κ3) is 4.02. The van der Waals surface area contributed by atoms with Crippen LogP contribution in [0.15, 0.2) is 58.3 Å². The summed E-state index contributed by atoms with van der Waals surface area (Å²) in [6, 6.07) is 13.8. The lowest BCUT2D eigenvalue weighted by Gasteiger charge is -2.15. The third-order valence-electron chi connectivity index (χ3n) is 4.07. The fourth-order valence-electron chi connectivity index (χ4n) is 2.74. The zero-order valence-electron chi connectivity index (χ0n) is 13.5. The molecule has 25 heavy (non-hydrogen) atoms. The van der Waals surface area contributed by atoms with E-state index in [1.54, 1.807) is 0 Å². The van der Waals surface area contributed by atoms with Crippen molar-refractivity contribution in [2.75, 3.05) is 13.1 Å². The van der Waals surface area contributed by atoms with Crippen molar-refractivity contribution in [2.45, 2.75) is 28.4 Å². The predicted octanol–water partition coefficient (Wildman–Crippen LogP) is 3.67. The average Bonchev–Trinajstić information content (AvgIpc) is 3.16. The first-order valence-corrected chi connectivity index (χ1v) is 10.4. The van der Waals surface area contributed by atoms with Gasteiger partial charge in [0.1, 0.15) is 0 Å². The van der Waals surface area contributed by atoms with Crippen molar-refractivity contribution < 1.29 is 13.3 Å². The zero-order valence-corrected chi connectivity index (χ0v) is 15.1. The van der Waals surface area contributed by atoms with Crippen molar-refractivity contribution in [3.63, 3.8) is 0 Å². The molecule has 0 amide bonds. The maximum atomic E-state index is 12.6. The molecule has 0 aromatic heterocycles. The Morgan fingerprint density at radius 2 is 1.76 bits per heavy atom. The molecule has 3 rings (SSSR count). The van der Waals surface area contributed by atoms with Crippen molar-refractivity contribution >= 4 is 27.5 Å². The molecule has 1 saturated heterocycles. The van der Waals surface area contributed by atoms with E-state index in [9.17, 15) is 18.5 Å². The highest BCUT2D eigenvalue weighted by Gasteiger charge is 2.29. The van der Waals surface area contributed by atoms with Crippen LogP contribution in [0, 0.1) is 10.1 Å². The minimum Gasteiger partial charge on any atom is -0.258 e. The molecule has 0 spiro atoms. The highest BCUT2D eigenvalue weighted by Crippen LogP contribution is 2.34. The van der Waals surface area contributed by atoms with E-state index in [1.165, 1.54) is 34.3 Å². The first-order valence-electron chi connectivity index (χ1n) is 7.94. The van der Waals surface area contributed by atoms with E-state index in [1.807, 2.05) is 30.3 Å². The summed E-state index contributed by atoms with van der Waals surface area (Å²) in [5, 5.41) is 11.4. The van der Waals surface area contributed by atoms with Gasteiger partial charge in [-0.15, -0.1) is 11.8 Å². The van der Waals surface area contributed by atoms with Crippen LogP contribution in [0.4, 0.5) is 5.69 Å². The summed E-state index contributed by atoms with van der Waals surface area (Å²) in [5.41, 5.74) is 0.886. The Labute approximate surface area is 151 Å². The van der Waals surface area contributed by atoms with E-state index in [0.29, 0.717) is 23.7 Å². The van der Waals surface area contributed by atoms with Crippen LogP contribution in [0.3, 0.4) is 0 Å². The Hall–Kier alpha value is -1.90. The molecule has 2 aromatic carbocycles. The molecule has 0 atom stereocenters. The Balaban J connectivity index is 1.87. The number of hydrogen-bond donors (Lipinski definition) is 0. The molecule has 2 aromatic rings. The second kappa shape index (κ2) is 7.55. The molecule has 0 N–H and O–H groups in total. The number of sulfonamides is 1. The monoisotopic (exact) mass is 378 g/mol. The largest absolute Gasteiger partial charge is 0.284 e. The van der Waals surface area contributed by atoms with Gasteiger partial charge in [0.2, 0.25) is 10.0 Å².